The highest BCUT2D eigenvalue weighted by Crippen LogP contribution is 2.24. The van der Waals surface area contributed by atoms with Crippen LogP contribution in [0.2, 0.25) is 0 Å². The van der Waals surface area contributed by atoms with Gasteiger partial charge < -0.3 is 10.1 Å². The fraction of sp³-hybridized carbons (Fsp3) is 0.167. The van der Waals surface area contributed by atoms with Gasteiger partial charge in [-0.25, -0.2) is 9.37 Å². The van der Waals surface area contributed by atoms with Gasteiger partial charge in [-0.2, -0.15) is 0 Å². The fourth-order valence-corrected chi connectivity index (χ4v) is 2.92. The number of halogens is 1. The van der Waals surface area contributed by atoms with Crippen molar-refractivity contribution in [3.05, 3.63) is 54.3 Å². The van der Waals surface area contributed by atoms with E-state index in [-0.39, 0.29) is 5.91 Å². The highest BCUT2D eigenvalue weighted by atomic mass is 32.2. The predicted octanol–water partition coefficient (Wildman–Crippen LogP) is 3.74. The van der Waals surface area contributed by atoms with Crippen LogP contribution < -0.4 is 10.1 Å². The maximum Gasteiger partial charge on any atom is 0.237 e. The summed E-state index contributed by atoms with van der Waals surface area (Å²) in [5.74, 6) is 0.705. The minimum absolute atomic E-state index is 0.253. The number of hydrogen-bond donors (Lipinski definition) is 2. The third-order valence-corrected chi connectivity index (χ3v) is 4.53. The van der Waals surface area contributed by atoms with Crippen molar-refractivity contribution in [1.29, 1.82) is 0 Å². The smallest absolute Gasteiger partial charge is 0.237 e. The van der Waals surface area contributed by atoms with Crippen molar-refractivity contribution >= 4 is 23.4 Å². The topological polar surface area (TPSA) is 79.9 Å². The number of benzene rings is 2. The molecule has 0 spiro atoms. The number of anilines is 1. The molecule has 8 heteroatoms. The molecular weight excluding hydrogens is 355 g/mol. The third-order valence-electron chi connectivity index (χ3n) is 3.57. The average Bonchev–Trinajstić information content (AvgIpc) is 3.10. The van der Waals surface area contributed by atoms with Gasteiger partial charge in [0, 0.05) is 11.3 Å². The van der Waals surface area contributed by atoms with Crippen molar-refractivity contribution in [2.75, 3.05) is 12.4 Å². The van der Waals surface area contributed by atoms with Crippen LogP contribution in [0.3, 0.4) is 0 Å². The molecule has 2 N–H and O–H groups in total. The lowest BCUT2D eigenvalue weighted by atomic mass is 10.2. The zero-order valence-electron chi connectivity index (χ0n) is 14.2. The van der Waals surface area contributed by atoms with Crippen LogP contribution in [0.4, 0.5) is 10.1 Å². The van der Waals surface area contributed by atoms with Crippen LogP contribution in [0, 0.1) is 5.82 Å². The molecule has 3 rings (SSSR count). The molecule has 0 aliphatic rings. The molecule has 1 unspecified atom stereocenters. The van der Waals surface area contributed by atoms with Crippen LogP contribution >= 0.6 is 11.8 Å². The second kappa shape index (κ2) is 8.01. The number of rotatable bonds is 6. The molecule has 0 aliphatic carbocycles. The fourth-order valence-electron chi connectivity index (χ4n) is 2.20. The Morgan fingerprint density at radius 2 is 2.04 bits per heavy atom. The average molecular weight is 372 g/mol. The van der Waals surface area contributed by atoms with Gasteiger partial charge in [-0.15, -0.1) is 5.10 Å². The summed E-state index contributed by atoms with van der Waals surface area (Å²) in [5, 5.41) is 9.68. The van der Waals surface area contributed by atoms with Crippen molar-refractivity contribution in [2.24, 2.45) is 0 Å². The number of thioether (sulfide) groups is 1. The van der Waals surface area contributed by atoms with Crippen molar-refractivity contribution in [3.63, 3.8) is 0 Å². The highest BCUT2D eigenvalue weighted by Gasteiger charge is 2.18. The van der Waals surface area contributed by atoms with E-state index in [0.29, 0.717) is 16.7 Å². The number of methoxy groups -OCH3 is 1. The summed E-state index contributed by atoms with van der Waals surface area (Å²) in [6.45, 7) is 1.74. The van der Waals surface area contributed by atoms with Gasteiger partial charge in [-0.3, -0.25) is 9.89 Å². The van der Waals surface area contributed by atoms with E-state index < -0.39 is 11.1 Å². The SMILES string of the molecule is COc1ccc(-c2nc(SC(C)C(=O)Nc3cccc(F)c3)n[nH]2)cc1. The van der Waals surface area contributed by atoms with E-state index in [9.17, 15) is 9.18 Å². The number of hydrogen-bond acceptors (Lipinski definition) is 5. The molecule has 1 amide bonds. The van der Waals surface area contributed by atoms with E-state index in [2.05, 4.69) is 20.5 Å². The van der Waals surface area contributed by atoms with Crippen molar-refractivity contribution in [3.8, 4) is 17.1 Å². The van der Waals surface area contributed by atoms with Gasteiger partial charge in [-0.1, -0.05) is 17.8 Å². The quantitative estimate of drug-likeness (QED) is 0.645. The van der Waals surface area contributed by atoms with E-state index in [1.807, 2.05) is 24.3 Å². The van der Waals surface area contributed by atoms with Crippen LogP contribution in [0.5, 0.6) is 5.75 Å². The Hall–Kier alpha value is -2.87. The number of aromatic amines is 1. The van der Waals surface area contributed by atoms with Crippen molar-refractivity contribution in [1.82, 2.24) is 15.2 Å². The molecule has 1 heterocycles. The molecule has 26 heavy (non-hydrogen) atoms. The number of H-pyrrole nitrogens is 1. The second-order valence-corrected chi connectivity index (χ2v) is 6.76. The molecule has 0 bridgehead atoms. The highest BCUT2D eigenvalue weighted by molar-refractivity contribution is 8.00. The lowest BCUT2D eigenvalue weighted by molar-refractivity contribution is -0.115. The summed E-state index contributed by atoms with van der Waals surface area (Å²) in [5.41, 5.74) is 1.28. The maximum atomic E-state index is 13.2. The Labute approximate surface area is 154 Å². The lowest BCUT2D eigenvalue weighted by Crippen LogP contribution is -2.22. The molecular formula is C18H17FN4O2S. The van der Waals surface area contributed by atoms with Crippen LogP contribution in [0.1, 0.15) is 6.92 Å². The van der Waals surface area contributed by atoms with Gasteiger partial charge in [0.15, 0.2) is 5.82 Å². The molecule has 0 saturated carbocycles. The van der Waals surface area contributed by atoms with Crippen LogP contribution in [0.15, 0.2) is 53.7 Å². The van der Waals surface area contributed by atoms with Crippen LogP contribution in [-0.2, 0) is 4.79 Å². The first-order chi connectivity index (χ1) is 12.5. The minimum atomic E-state index is -0.446. The lowest BCUT2D eigenvalue weighted by Gasteiger charge is -2.10. The summed E-state index contributed by atoms with van der Waals surface area (Å²) < 4.78 is 18.3. The Balaban J connectivity index is 1.63. The Bertz CT molecular complexity index is 898. The number of nitrogens with zero attached hydrogens (tertiary/aromatic N) is 2. The molecule has 0 fully saturated rings. The van der Waals surface area contributed by atoms with Gasteiger partial charge in [0.25, 0.3) is 0 Å². The molecule has 3 aromatic rings. The van der Waals surface area contributed by atoms with E-state index >= 15 is 0 Å². The summed E-state index contributed by atoms with van der Waals surface area (Å²) in [7, 11) is 1.61. The predicted molar refractivity (Wildman–Crippen MR) is 98.7 cm³/mol. The largest absolute Gasteiger partial charge is 0.497 e. The van der Waals surface area contributed by atoms with Crippen molar-refractivity contribution < 1.29 is 13.9 Å². The molecule has 0 radical (unpaired) electrons. The minimum Gasteiger partial charge on any atom is -0.497 e. The first kappa shape index (κ1) is 17.9. The van der Waals surface area contributed by atoms with Gasteiger partial charge in [0.05, 0.1) is 12.4 Å². The summed E-state index contributed by atoms with van der Waals surface area (Å²) in [6.07, 6.45) is 0. The number of aromatic nitrogens is 3. The Kier molecular flexibility index (Phi) is 5.52. The van der Waals surface area contributed by atoms with Crippen LogP contribution in [-0.4, -0.2) is 33.4 Å². The van der Waals surface area contributed by atoms with Gasteiger partial charge in [-0.05, 0) is 49.4 Å². The number of carbonyl (C=O) groups excluding carboxylic acids is 1. The Morgan fingerprint density at radius 3 is 2.73 bits per heavy atom. The molecule has 0 aliphatic heterocycles. The summed E-state index contributed by atoms with van der Waals surface area (Å²) >= 11 is 1.21. The number of carbonyl (C=O) groups is 1. The summed E-state index contributed by atoms with van der Waals surface area (Å²) in [6, 6.07) is 13.2. The van der Waals surface area contributed by atoms with Crippen LogP contribution in [0.25, 0.3) is 11.4 Å². The van der Waals surface area contributed by atoms with E-state index in [1.165, 1.54) is 23.9 Å². The zero-order valence-corrected chi connectivity index (χ0v) is 15.0. The van der Waals surface area contributed by atoms with E-state index in [1.54, 1.807) is 26.2 Å². The van der Waals surface area contributed by atoms with Gasteiger partial charge >= 0.3 is 0 Å². The first-order valence-electron chi connectivity index (χ1n) is 7.85. The maximum absolute atomic E-state index is 13.2. The summed E-state index contributed by atoms with van der Waals surface area (Å²) in [4.78, 5) is 16.6. The van der Waals surface area contributed by atoms with Crippen molar-refractivity contribution in [2.45, 2.75) is 17.3 Å². The Morgan fingerprint density at radius 1 is 1.27 bits per heavy atom. The third kappa shape index (κ3) is 4.40. The molecule has 134 valence electrons. The number of nitrogens with one attached hydrogen (secondary N) is 2. The number of amides is 1. The standard InChI is InChI=1S/C18H17FN4O2S/c1-11(17(24)20-14-5-3-4-13(19)10-14)26-18-21-16(22-23-18)12-6-8-15(25-2)9-7-12/h3-11H,1-2H3,(H,20,24)(H,21,22,23). The molecule has 2 aromatic carbocycles. The zero-order chi connectivity index (χ0) is 18.5. The molecule has 6 nitrogen and oxygen atoms in total. The van der Waals surface area contributed by atoms with Gasteiger partial charge in [0.2, 0.25) is 11.1 Å². The van der Waals surface area contributed by atoms with E-state index in [4.69, 9.17) is 4.74 Å². The number of ether oxygens (including phenoxy) is 1. The molecule has 0 saturated heterocycles. The normalized spacial score (nSPS) is 11.8. The molecule has 1 atom stereocenters. The van der Waals surface area contributed by atoms with Gasteiger partial charge in [0.1, 0.15) is 11.6 Å². The van der Waals surface area contributed by atoms with E-state index in [0.717, 1.165) is 11.3 Å². The first-order valence-corrected chi connectivity index (χ1v) is 8.73. The second-order valence-electron chi connectivity index (χ2n) is 5.45. The molecule has 1 aromatic heterocycles. The monoisotopic (exact) mass is 372 g/mol.